The topological polar surface area (TPSA) is 77.4 Å². The van der Waals surface area contributed by atoms with Crippen molar-refractivity contribution in [1.82, 2.24) is 0 Å². The second-order valence-electron chi connectivity index (χ2n) is 8.15. The molecule has 0 aromatic heterocycles. The molecule has 1 N–H and O–H groups in total. The van der Waals surface area contributed by atoms with Crippen molar-refractivity contribution < 1.29 is 69.5 Å². The molecule has 6 heteroatoms. The Balaban J connectivity index is 0. The molecule has 1 atom stereocenters. The molecule has 0 amide bonds. The van der Waals surface area contributed by atoms with Crippen molar-refractivity contribution >= 4 is 10.1 Å². The summed E-state index contributed by atoms with van der Waals surface area (Å²) in [6.07, 6.45) is 21.8. The van der Waals surface area contributed by atoms with Crippen LogP contribution in [0.1, 0.15) is 129 Å². The van der Waals surface area contributed by atoms with E-state index < -0.39 is 10.1 Å². The molecule has 0 aromatic carbocycles. The smallest absolute Gasteiger partial charge is 0.748 e. The largest absolute Gasteiger partial charge is 1.00 e. The van der Waals surface area contributed by atoms with Gasteiger partial charge in [0.25, 0.3) is 0 Å². The molecule has 0 saturated heterocycles. The standard InChI is InChI=1S/C22H46O4S.K/c1-2-3-4-5-6-10-13-16-19-22(23)20-17-14-11-8-7-9-12-15-18-21-27(24,25)26;/h22-23H,2-21H2,1H3,(H,24,25,26);/q;+1/p-1. The molecule has 0 heterocycles. The maximum atomic E-state index is 10.5. The zero-order chi connectivity index (χ0) is 20.2. The third kappa shape index (κ3) is 27.5. The SMILES string of the molecule is CCCCCCCCCCC(O)CCCCCCCCCCCS(=O)(=O)[O-].[K+]. The molecule has 0 saturated carbocycles. The van der Waals surface area contributed by atoms with E-state index in [2.05, 4.69) is 6.92 Å². The summed E-state index contributed by atoms with van der Waals surface area (Å²) in [4.78, 5) is 0. The van der Waals surface area contributed by atoms with Crippen LogP contribution in [0.5, 0.6) is 0 Å². The molecule has 0 fully saturated rings. The molecule has 28 heavy (non-hydrogen) atoms. The maximum Gasteiger partial charge on any atom is 1.00 e. The first kappa shape index (κ1) is 31.7. The van der Waals surface area contributed by atoms with Gasteiger partial charge in [-0.3, -0.25) is 0 Å². The Bertz CT molecular complexity index is 401. The minimum absolute atomic E-state index is 0. The van der Waals surface area contributed by atoms with E-state index in [1.807, 2.05) is 0 Å². The number of aliphatic hydroxyl groups excluding tert-OH is 1. The van der Waals surface area contributed by atoms with Crippen molar-refractivity contribution in [3.05, 3.63) is 0 Å². The van der Waals surface area contributed by atoms with Gasteiger partial charge in [0.1, 0.15) is 0 Å². The van der Waals surface area contributed by atoms with Crippen molar-refractivity contribution in [2.45, 2.75) is 135 Å². The van der Waals surface area contributed by atoms with Crippen LogP contribution in [0.3, 0.4) is 0 Å². The molecule has 0 aliphatic heterocycles. The number of hydrogen-bond donors (Lipinski definition) is 1. The zero-order valence-corrected chi connectivity index (χ0v) is 22.7. The zero-order valence-electron chi connectivity index (χ0n) is 18.8. The number of aliphatic hydroxyl groups is 1. The Morgan fingerprint density at radius 2 is 0.964 bits per heavy atom. The average Bonchev–Trinajstić information content (AvgIpc) is 2.61. The Labute approximate surface area is 218 Å². The molecule has 0 spiro atoms. The molecule has 0 aliphatic carbocycles. The van der Waals surface area contributed by atoms with Crippen molar-refractivity contribution in [1.29, 1.82) is 0 Å². The summed E-state index contributed by atoms with van der Waals surface area (Å²) in [6.45, 7) is 2.25. The van der Waals surface area contributed by atoms with Gasteiger partial charge in [-0.15, -0.1) is 0 Å². The van der Waals surface area contributed by atoms with E-state index in [9.17, 15) is 18.1 Å². The van der Waals surface area contributed by atoms with Crippen LogP contribution < -0.4 is 51.4 Å². The monoisotopic (exact) mass is 444 g/mol. The van der Waals surface area contributed by atoms with E-state index in [-0.39, 0.29) is 63.2 Å². The second kappa shape index (κ2) is 23.2. The molecule has 0 radical (unpaired) electrons. The van der Waals surface area contributed by atoms with Gasteiger partial charge in [-0.05, 0) is 19.3 Å². The normalized spacial score (nSPS) is 12.7. The Kier molecular flexibility index (Phi) is 26.2. The summed E-state index contributed by atoms with van der Waals surface area (Å²) < 4.78 is 31.4. The van der Waals surface area contributed by atoms with Crippen molar-refractivity contribution in [3.63, 3.8) is 0 Å². The van der Waals surface area contributed by atoms with Crippen LogP contribution in [0.2, 0.25) is 0 Å². The summed E-state index contributed by atoms with van der Waals surface area (Å²) in [5, 5.41) is 10.0. The molecule has 0 aromatic rings. The van der Waals surface area contributed by atoms with Gasteiger partial charge in [0.15, 0.2) is 0 Å². The van der Waals surface area contributed by atoms with E-state index in [1.54, 1.807) is 0 Å². The minimum atomic E-state index is -4.02. The third-order valence-corrected chi connectivity index (χ3v) is 6.11. The van der Waals surface area contributed by atoms with Gasteiger partial charge in [0.2, 0.25) is 0 Å². The second-order valence-corrected chi connectivity index (χ2v) is 9.67. The van der Waals surface area contributed by atoms with E-state index in [0.717, 1.165) is 38.5 Å². The predicted octanol–water partition coefficient (Wildman–Crippen LogP) is 3.33. The fraction of sp³-hybridized carbons (Fsp3) is 1.00. The first-order valence-corrected chi connectivity index (χ1v) is 13.1. The van der Waals surface area contributed by atoms with Crippen LogP contribution in [-0.4, -0.2) is 29.9 Å². The van der Waals surface area contributed by atoms with Gasteiger partial charge in [0, 0.05) is 5.75 Å². The summed E-state index contributed by atoms with van der Waals surface area (Å²) in [6, 6.07) is 0. The molecule has 164 valence electrons. The summed E-state index contributed by atoms with van der Waals surface area (Å²) in [5.41, 5.74) is 0. The van der Waals surface area contributed by atoms with E-state index in [0.29, 0.717) is 6.42 Å². The Hall–Kier alpha value is 1.51. The van der Waals surface area contributed by atoms with Crippen LogP contribution in [0, 0.1) is 0 Å². The van der Waals surface area contributed by atoms with Gasteiger partial charge in [-0.1, -0.05) is 110 Å². The van der Waals surface area contributed by atoms with Crippen LogP contribution in [0.4, 0.5) is 0 Å². The van der Waals surface area contributed by atoms with Crippen LogP contribution in [0.25, 0.3) is 0 Å². The minimum Gasteiger partial charge on any atom is -0.748 e. The molecular weight excluding hydrogens is 399 g/mol. The quantitative estimate of drug-likeness (QED) is 0.167. The van der Waals surface area contributed by atoms with E-state index in [1.165, 1.54) is 77.0 Å². The molecular formula is C22H45KO4S. The van der Waals surface area contributed by atoms with Gasteiger partial charge in [-0.2, -0.15) is 0 Å². The number of hydrogen-bond acceptors (Lipinski definition) is 4. The fourth-order valence-corrected chi connectivity index (χ4v) is 4.11. The average molecular weight is 445 g/mol. The van der Waals surface area contributed by atoms with Crippen LogP contribution in [-0.2, 0) is 10.1 Å². The van der Waals surface area contributed by atoms with E-state index >= 15 is 0 Å². The van der Waals surface area contributed by atoms with Crippen LogP contribution in [0.15, 0.2) is 0 Å². The van der Waals surface area contributed by atoms with Crippen molar-refractivity contribution in [2.24, 2.45) is 0 Å². The van der Waals surface area contributed by atoms with Crippen LogP contribution >= 0.6 is 0 Å². The van der Waals surface area contributed by atoms with Gasteiger partial charge in [-0.25, -0.2) is 8.42 Å². The molecule has 0 rings (SSSR count). The van der Waals surface area contributed by atoms with Gasteiger partial charge < -0.3 is 9.66 Å². The molecule has 1 unspecified atom stereocenters. The third-order valence-electron chi connectivity index (χ3n) is 5.32. The summed E-state index contributed by atoms with van der Waals surface area (Å²) >= 11 is 0. The summed E-state index contributed by atoms with van der Waals surface area (Å²) in [5.74, 6) is -0.214. The Morgan fingerprint density at radius 1 is 0.643 bits per heavy atom. The first-order chi connectivity index (χ1) is 13.0. The molecule has 4 nitrogen and oxygen atoms in total. The number of rotatable bonds is 21. The van der Waals surface area contributed by atoms with E-state index in [4.69, 9.17) is 0 Å². The van der Waals surface area contributed by atoms with Crippen molar-refractivity contribution in [3.8, 4) is 0 Å². The predicted molar refractivity (Wildman–Crippen MR) is 114 cm³/mol. The summed E-state index contributed by atoms with van der Waals surface area (Å²) in [7, 11) is -4.02. The van der Waals surface area contributed by atoms with Gasteiger partial charge in [0.05, 0.1) is 16.2 Å². The molecule has 0 bridgehead atoms. The maximum absolute atomic E-state index is 10.5. The van der Waals surface area contributed by atoms with Crippen molar-refractivity contribution in [2.75, 3.05) is 5.75 Å². The van der Waals surface area contributed by atoms with Gasteiger partial charge >= 0.3 is 51.4 Å². The number of unbranched alkanes of at least 4 members (excludes halogenated alkanes) is 15. The fourth-order valence-electron chi connectivity index (χ4n) is 3.55. The first-order valence-electron chi connectivity index (χ1n) is 11.6. The molecule has 0 aliphatic rings. The Morgan fingerprint density at radius 3 is 1.32 bits per heavy atom.